The summed E-state index contributed by atoms with van der Waals surface area (Å²) in [6.07, 6.45) is -4.66. The predicted octanol–water partition coefficient (Wildman–Crippen LogP) is 2.74. The predicted molar refractivity (Wildman–Crippen MR) is 99.2 cm³/mol. The smallest absolute Gasteiger partial charge is 0.379 e. The second kappa shape index (κ2) is 9.10. The van der Waals surface area contributed by atoms with Crippen LogP contribution in [0.1, 0.15) is 25.8 Å². The summed E-state index contributed by atoms with van der Waals surface area (Å²) in [5, 5.41) is 13.7. The van der Waals surface area contributed by atoms with Crippen LogP contribution in [0.4, 0.5) is 24.5 Å². The topological polar surface area (TPSA) is 95.8 Å². The average Bonchev–Trinajstić information content (AvgIpc) is 2.66. The summed E-state index contributed by atoms with van der Waals surface area (Å²) in [4.78, 5) is 37.7. The van der Waals surface area contributed by atoms with Crippen molar-refractivity contribution in [2.45, 2.75) is 26.4 Å². The number of amides is 2. The second-order valence-electron chi connectivity index (χ2n) is 7.02. The minimum Gasteiger partial charge on any atom is -0.379 e. The molecule has 1 N–H and O–H groups in total. The Kier molecular flexibility index (Phi) is 7.04. The lowest BCUT2D eigenvalue weighted by atomic mass is 10.1. The largest absolute Gasteiger partial charge is 0.416 e. The van der Waals surface area contributed by atoms with Crippen LogP contribution in [0.15, 0.2) is 18.2 Å². The minimum atomic E-state index is -4.68. The van der Waals surface area contributed by atoms with Crippen LogP contribution in [0.5, 0.6) is 0 Å². The van der Waals surface area contributed by atoms with Crippen LogP contribution in [0, 0.1) is 16.0 Å². The Balaban J connectivity index is 1.89. The highest BCUT2D eigenvalue weighted by Gasteiger charge is 2.33. The summed E-state index contributed by atoms with van der Waals surface area (Å²) in [5.74, 6) is -0.266. The van der Waals surface area contributed by atoms with Crippen molar-refractivity contribution < 1.29 is 27.7 Å². The molecule has 0 atom stereocenters. The van der Waals surface area contributed by atoms with Gasteiger partial charge < -0.3 is 15.1 Å². The maximum Gasteiger partial charge on any atom is 0.416 e. The normalized spacial score (nSPS) is 14.8. The zero-order chi connectivity index (χ0) is 21.8. The molecule has 1 saturated heterocycles. The molecule has 1 aromatic rings. The molecule has 2 rings (SSSR count). The lowest BCUT2D eigenvalue weighted by Gasteiger charge is -2.35. The molecular formula is C18H23F3N4O4. The highest BCUT2D eigenvalue weighted by molar-refractivity contribution is 5.80. The number of hydrogen-bond donors (Lipinski definition) is 1. The first-order chi connectivity index (χ1) is 13.5. The van der Waals surface area contributed by atoms with Gasteiger partial charge in [0.2, 0.25) is 11.8 Å². The van der Waals surface area contributed by atoms with E-state index in [4.69, 9.17) is 0 Å². The molecule has 1 fully saturated rings. The van der Waals surface area contributed by atoms with Gasteiger partial charge in [-0.2, -0.15) is 13.2 Å². The molecule has 0 radical (unpaired) electrons. The van der Waals surface area contributed by atoms with Crippen LogP contribution in [-0.4, -0.2) is 59.3 Å². The van der Waals surface area contributed by atoms with Crippen molar-refractivity contribution in [2.24, 2.45) is 5.92 Å². The number of nitrogens with zero attached hydrogens (tertiary/aromatic N) is 3. The number of hydrogen-bond acceptors (Lipinski definition) is 5. The molecule has 1 aromatic carbocycles. The van der Waals surface area contributed by atoms with Gasteiger partial charge >= 0.3 is 6.18 Å². The van der Waals surface area contributed by atoms with Gasteiger partial charge in [0.1, 0.15) is 5.69 Å². The number of carbonyl (C=O) groups is 2. The van der Waals surface area contributed by atoms with Gasteiger partial charge in [0.25, 0.3) is 5.69 Å². The van der Waals surface area contributed by atoms with Crippen LogP contribution < -0.4 is 5.32 Å². The molecular weight excluding hydrogens is 393 g/mol. The lowest BCUT2D eigenvalue weighted by molar-refractivity contribution is -0.384. The summed E-state index contributed by atoms with van der Waals surface area (Å²) >= 11 is 0. The van der Waals surface area contributed by atoms with Crippen molar-refractivity contribution >= 4 is 23.2 Å². The zero-order valence-electron chi connectivity index (χ0n) is 16.2. The number of halogens is 3. The zero-order valence-corrected chi connectivity index (χ0v) is 16.2. The molecule has 0 aliphatic carbocycles. The molecule has 2 amide bonds. The summed E-state index contributed by atoms with van der Waals surface area (Å²) in [5.41, 5.74) is -1.89. The minimum absolute atomic E-state index is 0.0241. The molecule has 0 bridgehead atoms. The standard InChI is InChI=1S/C18H23F3N4O4/c1-12(2)17(27)24-9-7-23(8-10-24)16(26)5-6-22-14-4-3-13(18(19,20)21)11-15(14)25(28)29/h3-4,11-12,22H,5-10H2,1-2H3. The molecule has 1 aliphatic heterocycles. The number of nitro groups is 1. The van der Waals surface area contributed by atoms with Crippen molar-refractivity contribution in [1.82, 2.24) is 9.80 Å². The second-order valence-corrected chi connectivity index (χ2v) is 7.02. The van der Waals surface area contributed by atoms with Gasteiger partial charge in [-0.05, 0) is 12.1 Å². The van der Waals surface area contributed by atoms with Crippen LogP contribution in [0.25, 0.3) is 0 Å². The lowest BCUT2D eigenvalue weighted by Crippen LogP contribution is -2.51. The SMILES string of the molecule is CC(C)C(=O)N1CCN(C(=O)CCNc2ccc(C(F)(F)F)cc2[N+](=O)[O-])CC1. The van der Waals surface area contributed by atoms with Gasteiger partial charge in [-0.3, -0.25) is 19.7 Å². The van der Waals surface area contributed by atoms with Gasteiger partial charge in [0.15, 0.2) is 0 Å². The summed E-state index contributed by atoms with van der Waals surface area (Å²) < 4.78 is 38.2. The van der Waals surface area contributed by atoms with E-state index in [0.29, 0.717) is 32.2 Å². The van der Waals surface area contributed by atoms with E-state index in [-0.39, 0.29) is 36.4 Å². The molecule has 0 saturated carbocycles. The first kappa shape index (κ1) is 22.4. The Labute approximate surface area is 165 Å². The molecule has 1 aliphatic rings. The highest BCUT2D eigenvalue weighted by atomic mass is 19.4. The molecule has 11 heteroatoms. The maximum atomic E-state index is 12.7. The molecule has 29 heavy (non-hydrogen) atoms. The highest BCUT2D eigenvalue weighted by Crippen LogP contribution is 2.34. The van der Waals surface area contributed by atoms with Crippen LogP contribution in [0.2, 0.25) is 0 Å². The average molecular weight is 416 g/mol. The monoisotopic (exact) mass is 416 g/mol. The van der Waals surface area contributed by atoms with E-state index in [9.17, 15) is 32.9 Å². The van der Waals surface area contributed by atoms with Crippen molar-refractivity contribution in [3.8, 4) is 0 Å². The first-order valence-electron chi connectivity index (χ1n) is 9.16. The number of piperazine rings is 1. The molecule has 0 aromatic heterocycles. The fourth-order valence-corrected chi connectivity index (χ4v) is 3.01. The van der Waals surface area contributed by atoms with E-state index < -0.39 is 22.4 Å². The first-order valence-corrected chi connectivity index (χ1v) is 9.16. The Hall–Kier alpha value is -2.85. The third kappa shape index (κ3) is 5.81. The van der Waals surface area contributed by atoms with Crippen molar-refractivity contribution in [2.75, 3.05) is 38.0 Å². The Morgan fingerprint density at radius 3 is 2.28 bits per heavy atom. The molecule has 1 heterocycles. The van der Waals surface area contributed by atoms with Gasteiger partial charge in [-0.25, -0.2) is 0 Å². The van der Waals surface area contributed by atoms with E-state index in [1.165, 1.54) is 0 Å². The molecule has 8 nitrogen and oxygen atoms in total. The van der Waals surface area contributed by atoms with Crippen LogP contribution in [-0.2, 0) is 15.8 Å². The Morgan fingerprint density at radius 1 is 1.17 bits per heavy atom. The van der Waals surface area contributed by atoms with Gasteiger partial charge in [-0.15, -0.1) is 0 Å². The molecule has 0 spiro atoms. The van der Waals surface area contributed by atoms with Crippen LogP contribution in [0.3, 0.4) is 0 Å². The fourth-order valence-electron chi connectivity index (χ4n) is 3.01. The van der Waals surface area contributed by atoms with E-state index in [0.717, 1.165) is 12.1 Å². The Bertz CT molecular complexity index is 775. The summed E-state index contributed by atoms with van der Waals surface area (Å²) in [6.45, 7) is 5.35. The van der Waals surface area contributed by atoms with E-state index in [1.54, 1.807) is 9.80 Å². The molecule has 0 unspecified atom stereocenters. The van der Waals surface area contributed by atoms with Crippen LogP contribution >= 0.6 is 0 Å². The number of anilines is 1. The van der Waals surface area contributed by atoms with E-state index in [2.05, 4.69) is 5.32 Å². The number of alkyl halides is 3. The van der Waals surface area contributed by atoms with Gasteiger partial charge in [0.05, 0.1) is 10.5 Å². The summed E-state index contributed by atoms with van der Waals surface area (Å²) in [6, 6.07) is 2.21. The Morgan fingerprint density at radius 2 is 1.76 bits per heavy atom. The van der Waals surface area contributed by atoms with E-state index in [1.807, 2.05) is 13.8 Å². The van der Waals surface area contributed by atoms with Gasteiger partial charge in [-0.1, -0.05) is 13.8 Å². The third-order valence-electron chi connectivity index (χ3n) is 4.61. The van der Waals surface area contributed by atoms with Crippen molar-refractivity contribution in [3.63, 3.8) is 0 Å². The summed E-state index contributed by atoms with van der Waals surface area (Å²) in [7, 11) is 0. The number of benzene rings is 1. The number of carbonyl (C=O) groups excluding carboxylic acids is 2. The van der Waals surface area contributed by atoms with Crippen molar-refractivity contribution in [3.05, 3.63) is 33.9 Å². The quantitative estimate of drug-likeness (QED) is 0.568. The molecule has 160 valence electrons. The number of rotatable bonds is 6. The maximum absolute atomic E-state index is 12.7. The number of nitro benzene ring substituents is 1. The fraction of sp³-hybridized carbons (Fsp3) is 0.556. The van der Waals surface area contributed by atoms with E-state index >= 15 is 0 Å². The third-order valence-corrected chi connectivity index (χ3v) is 4.61. The number of nitrogens with one attached hydrogen (secondary N) is 1. The van der Waals surface area contributed by atoms with Crippen molar-refractivity contribution in [1.29, 1.82) is 0 Å². The van der Waals surface area contributed by atoms with Gasteiger partial charge in [0, 0.05) is 51.1 Å².